The molecular weight excluding hydrogens is 196 g/mol. The van der Waals surface area contributed by atoms with Crippen molar-refractivity contribution >= 4 is 11.8 Å². The third kappa shape index (κ3) is 3.51. The van der Waals surface area contributed by atoms with E-state index >= 15 is 0 Å². The van der Waals surface area contributed by atoms with Gasteiger partial charge in [-0.25, -0.2) is 0 Å². The summed E-state index contributed by atoms with van der Waals surface area (Å²) in [6.07, 6.45) is 0.367. The summed E-state index contributed by atoms with van der Waals surface area (Å²) in [4.78, 5) is 24.4. The SMILES string of the molecule is COC(C)(C)CN1CCC(=O)NCC1=O. The standard InChI is InChI=1S/C10H18N2O3/c1-10(2,15-3)7-12-5-4-8(13)11-6-9(12)14/h4-7H2,1-3H3,(H,11,13). The Morgan fingerprint density at radius 3 is 2.73 bits per heavy atom. The highest BCUT2D eigenvalue weighted by molar-refractivity contribution is 5.87. The summed E-state index contributed by atoms with van der Waals surface area (Å²) in [5.41, 5.74) is -0.372. The molecule has 1 N–H and O–H groups in total. The molecule has 1 saturated heterocycles. The Hall–Kier alpha value is -1.10. The van der Waals surface area contributed by atoms with Gasteiger partial charge in [-0.2, -0.15) is 0 Å². The zero-order valence-electron chi connectivity index (χ0n) is 9.50. The summed E-state index contributed by atoms with van der Waals surface area (Å²) in [5.74, 6) is -0.118. The van der Waals surface area contributed by atoms with Gasteiger partial charge in [-0.15, -0.1) is 0 Å². The largest absolute Gasteiger partial charge is 0.377 e. The van der Waals surface area contributed by atoms with Crippen LogP contribution in [0.5, 0.6) is 0 Å². The fourth-order valence-electron chi connectivity index (χ4n) is 1.43. The van der Waals surface area contributed by atoms with Crippen LogP contribution >= 0.6 is 0 Å². The first kappa shape index (κ1) is 12.0. The molecule has 1 aliphatic rings. The predicted octanol–water partition coefficient (Wildman–Crippen LogP) is -0.240. The van der Waals surface area contributed by atoms with Crippen molar-refractivity contribution in [1.29, 1.82) is 0 Å². The van der Waals surface area contributed by atoms with Crippen LogP contribution in [0, 0.1) is 0 Å². The lowest BCUT2D eigenvalue weighted by molar-refractivity contribution is -0.133. The van der Waals surface area contributed by atoms with E-state index in [9.17, 15) is 9.59 Å². The van der Waals surface area contributed by atoms with Crippen LogP contribution in [0.3, 0.4) is 0 Å². The first-order valence-corrected chi connectivity index (χ1v) is 5.04. The summed E-state index contributed by atoms with van der Waals surface area (Å²) >= 11 is 0. The van der Waals surface area contributed by atoms with E-state index in [1.165, 1.54) is 0 Å². The molecule has 86 valence electrons. The summed E-state index contributed by atoms with van der Waals surface area (Å²) in [6, 6.07) is 0. The van der Waals surface area contributed by atoms with E-state index < -0.39 is 0 Å². The van der Waals surface area contributed by atoms with Crippen LogP contribution in [0.2, 0.25) is 0 Å². The minimum Gasteiger partial charge on any atom is -0.377 e. The number of rotatable bonds is 3. The summed E-state index contributed by atoms with van der Waals surface area (Å²) in [5, 5.41) is 2.56. The maximum absolute atomic E-state index is 11.6. The fourth-order valence-corrected chi connectivity index (χ4v) is 1.43. The number of carbonyl (C=O) groups excluding carboxylic acids is 2. The molecule has 0 bridgehead atoms. The average Bonchev–Trinajstić information content (AvgIpc) is 2.33. The Bertz CT molecular complexity index is 263. The molecule has 0 spiro atoms. The first-order valence-electron chi connectivity index (χ1n) is 5.04. The Kier molecular flexibility index (Phi) is 3.68. The van der Waals surface area contributed by atoms with Gasteiger partial charge >= 0.3 is 0 Å². The fraction of sp³-hybridized carbons (Fsp3) is 0.800. The predicted molar refractivity (Wildman–Crippen MR) is 55.3 cm³/mol. The number of amides is 2. The van der Waals surface area contributed by atoms with Crippen LogP contribution < -0.4 is 5.32 Å². The van der Waals surface area contributed by atoms with Crippen LogP contribution in [0.15, 0.2) is 0 Å². The molecular formula is C10H18N2O3. The highest BCUT2D eigenvalue weighted by Crippen LogP contribution is 2.11. The second kappa shape index (κ2) is 4.61. The molecule has 0 radical (unpaired) electrons. The lowest BCUT2D eigenvalue weighted by Gasteiger charge is -2.30. The van der Waals surface area contributed by atoms with Crippen molar-refractivity contribution in [3.63, 3.8) is 0 Å². The van der Waals surface area contributed by atoms with E-state index in [0.717, 1.165) is 0 Å². The van der Waals surface area contributed by atoms with Gasteiger partial charge in [0.1, 0.15) is 0 Å². The van der Waals surface area contributed by atoms with Crippen LogP contribution in [0.25, 0.3) is 0 Å². The molecule has 5 nitrogen and oxygen atoms in total. The molecule has 5 heteroatoms. The average molecular weight is 214 g/mol. The Balaban J connectivity index is 2.60. The maximum atomic E-state index is 11.6. The molecule has 1 fully saturated rings. The Morgan fingerprint density at radius 2 is 2.13 bits per heavy atom. The quantitative estimate of drug-likeness (QED) is 0.705. The molecule has 0 aliphatic carbocycles. The zero-order chi connectivity index (χ0) is 11.5. The van der Waals surface area contributed by atoms with Crippen molar-refractivity contribution in [2.24, 2.45) is 0 Å². The van der Waals surface area contributed by atoms with Crippen molar-refractivity contribution in [3.05, 3.63) is 0 Å². The van der Waals surface area contributed by atoms with E-state index in [1.54, 1.807) is 12.0 Å². The van der Waals surface area contributed by atoms with Crippen molar-refractivity contribution in [3.8, 4) is 0 Å². The van der Waals surface area contributed by atoms with Crippen LogP contribution in [0.1, 0.15) is 20.3 Å². The number of hydrogen-bond acceptors (Lipinski definition) is 3. The molecule has 0 aromatic heterocycles. The third-order valence-electron chi connectivity index (χ3n) is 2.52. The molecule has 1 heterocycles. The van der Waals surface area contributed by atoms with E-state index in [1.807, 2.05) is 13.8 Å². The van der Waals surface area contributed by atoms with Gasteiger partial charge in [0.2, 0.25) is 11.8 Å². The van der Waals surface area contributed by atoms with Crippen LogP contribution in [0.4, 0.5) is 0 Å². The van der Waals surface area contributed by atoms with E-state index in [0.29, 0.717) is 19.5 Å². The van der Waals surface area contributed by atoms with Gasteiger partial charge in [-0.1, -0.05) is 0 Å². The lowest BCUT2D eigenvalue weighted by atomic mass is 10.1. The smallest absolute Gasteiger partial charge is 0.242 e. The normalized spacial score (nSPS) is 18.7. The third-order valence-corrected chi connectivity index (χ3v) is 2.52. The monoisotopic (exact) mass is 214 g/mol. The Morgan fingerprint density at radius 1 is 1.47 bits per heavy atom. The number of carbonyl (C=O) groups is 2. The van der Waals surface area contributed by atoms with Gasteiger partial charge in [-0.05, 0) is 13.8 Å². The first-order chi connectivity index (χ1) is 6.94. The van der Waals surface area contributed by atoms with E-state index in [4.69, 9.17) is 4.74 Å². The van der Waals surface area contributed by atoms with Crippen molar-refractivity contribution in [1.82, 2.24) is 10.2 Å². The summed E-state index contributed by atoms with van der Waals surface area (Å²) in [7, 11) is 1.62. The van der Waals surface area contributed by atoms with Crippen molar-refractivity contribution in [2.45, 2.75) is 25.9 Å². The molecule has 0 unspecified atom stereocenters. The molecule has 1 rings (SSSR count). The topological polar surface area (TPSA) is 58.6 Å². The Labute approximate surface area is 89.8 Å². The van der Waals surface area contributed by atoms with Gasteiger partial charge in [-0.3, -0.25) is 9.59 Å². The molecule has 15 heavy (non-hydrogen) atoms. The number of nitrogens with one attached hydrogen (secondary N) is 1. The molecule has 0 saturated carbocycles. The van der Waals surface area contributed by atoms with Crippen LogP contribution in [-0.4, -0.2) is 49.1 Å². The van der Waals surface area contributed by atoms with Gasteiger partial charge in [0, 0.05) is 26.6 Å². The van der Waals surface area contributed by atoms with Gasteiger partial charge in [0.05, 0.1) is 12.1 Å². The maximum Gasteiger partial charge on any atom is 0.242 e. The van der Waals surface area contributed by atoms with E-state index in [2.05, 4.69) is 5.32 Å². The summed E-state index contributed by atoms with van der Waals surface area (Å²) in [6.45, 7) is 4.91. The summed E-state index contributed by atoms with van der Waals surface area (Å²) < 4.78 is 5.26. The minimum absolute atomic E-state index is 0.0500. The minimum atomic E-state index is -0.372. The van der Waals surface area contributed by atoms with Gasteiger partial charge in [0.15, 0.2) is 0 Å². The van der Waals surface area contributed by atoms with Gasteiger partial charge in [0.25, 0.3) is 0 Å². The lowest BCUT2D eigenvalue weighted by Crippen LogP contribution is -2.44. The van der Waals surface area contributed by atoms with Gasteiger partial charge < -0.3 is 15.0 Å². The number of ether oxygens (including phenoxy) is 1. The highest BCUT2D eigenvalue weighted by Gasteiger charge is 2.26. The second-order valence-corrected chi connectivity index (χ2v) is 4.31. The highest BCUT2D eigenvalue weighted by atomic mass is 16.5. The molecule has 0 atom stereocenters. The second-order valence-electron chi connectivity index (χ2n) is 4.31. The molecule has 2 amide bonds. The number of methoxy groups -OCH3 is 1. The molecule has 0 aromatic carbocycles. The van der Waals surface area contributed by atoms with Crippen molar-refractivity contribution in [2.75, 3.05) is 26.7 Å². The van der Waals surface area contributed by atoms with E-state index in [-0.39, 0.29) is 24.0 Å². The van der Waals surface area contributed by atoms with Crippen molar-refractivity contribution < 1.29 is 14.3 Å². The molecule has 1 aliphatic heterocycles. The van der Waals surface area contributed by atoms with Crippen LogP contribution in [-0.2, 0) is 14.3 Å². The number of nitrogens with zero attached hydrogens (tertiary/aromatic N) is 1. The number of hydrogen-bond donors (Lipinski definition) is 1. The molecule has 0 aromatic rings. The zero-order valence-corrected chi connectivity index (χ0v) is 9.50.